The molecular weight excluding hydrogens is 973 g/mol. The number of carboxylic acid groups (broad SMARTS) is 1. The van der Waals surface area contributed by atoms with Crippen LogP contribution in [0.25, 0.3) is 0 Å². The molecule has 27 heteroatoms. The first-order chi connectivity index (χ1) is 34.6. The van der Waals surface area contributed by atoms with Gasteiger partial charge in [-0.3, -0.25) is 52.7 Å². The molecule has 0 spiro atoms. The molecule has 0 unspecified atom stereocenters. The van der Waals surface area contributed by atoms with Crippen molar-refractivity contribution in [1.82, 2.24) is 42.1 Å². The number of amides is 11. The van der Waals surface area contributed by atoms with E-state index >= 15 is 0 Å². The fourth-order valence-corrected chi connectivity index (χ4v) is 7.65. The van der Waals surface area contributed by atoms with Crippen molar-refractivity contribution in [3.8, 4) is 5.75 Å². The highest BCUT2D eigenvalue weighted by Gasteiger charge is 2.41. The quantitative estimate of drug-likeness (QED) is 0.0333. The fourth-order valence-electron chi connectivity index (χ4n) is 7.65. The van der Waals surface area contributed by atoms with Crippen LogP contribution in [-0.2, 0) is 64.0 Å². The minimum atomic E-state index is -1.84. The van der Waals surface area contributed by atoms with Crippen LogP contribution in [0.1, 0.15) is 98.5 Å². The number of rotatable bonds is 31. The Balaban J connectivity index is 2.46. The molecule has 1 aromatic carbocycles. The molecule has 0 aliphatic carbocycles. The highest BCUT2D eigenvalue weighted by Crippen LogP contribution is 2.22. The first-order valence-electron chi connectivity index (χ1n) is 24.3. The zero-order valence-electron chi connectivity index (χ0n) is 42.5. The van der Waals surface area contributed by atoms with Crippen LogP contribution >= 0.6 is 0 Å². The van der Waals surface area contributed by atoms with Gasteiger partial charge in [0.2, 0.25) is 65.0 Å². The van der Waals surface area contributed by atoms with Gasteiger partial charge in [0.25, 0.3) is 0 Å². The topological polar surface area (TPSA) is 457 Å². The zero-order valence-corrected chi connectivity index (χ0v) is 42.5. The maximum absolute atomic E-state index is 14.6. The van der Waals surface area contributed by atoms with Gasteiger partial charge in [0, 0.05) is 25.8 Å². The van der Waals surface area contributed by atoms with E-state index in [1.807, 2.05) is 0 Å². The third-order valence-electron chi connectivity index (χ3n) is 12.4. The molecule has 1 fully saturated rings. The zero-order chi connectivity index (χ0) is 56.1. The number of phenols is 1. The van der Waals surface area contributed by atoms with Crippen molar-refractivity contribution in [3.05, 3.63) is 29.8 Å². The predicted octanol–water partition coefficient (Wildman–Crippen LogP) is -4.51. The van der Waals surface area contributed by atoms with Crippen molar-refractivity contribution in [2.45, 2.75) is 154 Å². The second kappa shape index (κ2) is 29.9. The average Bonchev–Trinajstić information content (AvgIpc) is 3.83. The summed E-state index contributed by atoms with van der Waals surface area (Å²) >= 11 is 0. The number of benzene rings is 1. The molecule has 27 nitrogen and oxygen atoms in total. The summed E-state index contributed by atoms with van der Waals surface area (Å²) in [4.78, 5) is 159. The Morgan fingerprint density at radius 3 is 1.64 bits per heavy atom. The van der Waals surface area contributed by atoms with Crippen molar-refractivity contribution in [3.63, 3.8) is 0 Å². The first kappa shape index (κ1) is 62.7. The summed E-state index contributed by atoms with van der Waals surface area (Å²) in [6.45, 7) is 8.91. The molecule has 1 aromatic rings. The van der Waals surface area contributed by atoms with E-state index in [1.165, 1.54) is 29.2 Å². The highest BCUT2D eigenvalue weighted by molar-refractivity contribution is 5.99. The third kappa shape index (κ3) is 19.9. The second-order valence-corrected chi connectivity index (χ2v) is 18.9. The number of hydrogen-bond acceptors (Lipinski definition) is 15. The summed E-state index contributed by atoms with van der Waals surface area (Å²) in [5.74, 6) is -13.3. The minimum absolute atomic E-state index is 0.0173. The predicted molar refractivity (Wildman–Crippen MR) is 263 cm³/mol. The number of likely N-dealkylation sites (tertiary alicyclic amines) is 1. The Hall–Kier alpha value is -7.42. The van der Waals surface area contributed by atoms with Crippen LogP contribution in [0.5, 0.6) is 5.75 Å². The molecule has 1 saturated heterocycles. The number of aliphatic hydroxyl groups is 1. The van der Waals surface area contributed by atoms with Crippen LogP contribution in [0, 0.1) is 17.8 Å². The lowest BCUT2D eigenvalue weighted by Gasteiger charge is -2.32. The van der Waals surface area contributed by atoms with Crippen molar-refractivity contribution in [2.75, 3.05) is 13.2 Å². The van der Waals surface area contributed by atoms with Gasteiger partial charge in [0.15, 0.2) is 0 Å². The molecule has 0 aromatic heterocycles. The Labute approximate surface area is 428 Å². The van der Waals surface area contributed by atoms with Gasteiger partial charge in [-0.25, -0.2) is 4.79 Å². The molecule has 11 amide bonds. The maximum atomic E-state index is 14.6. The Morgan fingerprint density at radius 1 is 0.622 bits per heavy atom. The Bertz CT molecular complexity index is 2190. The van der Waals surface area contributed by atoms with Crippen LogP contribution in [0.3, 0.4) is 0 Å². The van der Waals surface area contributed by atoms with E-state index in [0.29, 0.717) is 12.0 Å². The van der Waals surface area contributed by atoms with Crippen molar-refractivity contribution in [2.24, 2.45) is 40.7 Å². The summed E-state index contributed by atoms with van der Waals surface area (Å²) in [7, 11) is 0. The van der Waals surface area contributed by atoms with Gasteiger partial charge in [0.1, 0.15) is 54.1 Å². The number of primary amides is 3. The number of nitrogens with one attached hydrogen (secondary N) is 7. The van der Waals surface area contributed by atoms with Gasteiger partial charge >= 0.3 is 5.97 Å². The molecular formula is C47H74N12O15. The molecule has 1 aliphatic rings. The van der Waals surface area contributed by atoms with Crippen molar-refractivity contribution < 1.29 is 72.9 Å². The number of aliphatic hydroxyl groups excluding tert-OH is 1. The van der Waals surface area contributed by atoms with Crippen LogP contribution in [0.2, 0.25) is 0 Å². The number of nitrogens with zero attached hydrogens (tertiary/aromatic N) is 1. The van der Waals surface area contributed by atoms with Gasteiger partial charge in [-0.2, -0.15) is 0 Å². The van der Waals surface area contributed by atoms with Crippen LogP contribution in [0.15, 0.2) is 24.3 Å². The number of phenolic OH excluding ortho intramolecular Hbond substituents is 1. The largest absolute Gasteiger partial charge is 0.508 e. The minimum Gasteiger partial charge on any atom is -0.508 e. The number of carbonyl (C=O) groups is 12. The van der Waals surface area contributed by atoms with Gasteiger partial charge in [-0.15, -0.1) is 0 Å². The maximum Gasteiger partial charge on any atom is 0.326 e. The van der Waals surface area contributed by atoms with Crippen molar-refractivity contribution >= 4 is 70.9 Å². The third-order valence-corrected chi connectivity index (χ3v) is 12.4. The molecule has 18 N–H and O–H groups in total. The van der Waals surface area contributed by atoms with E-state index in [0.717, 1.165) is 0 Å². The van der Waals surface area contributed by atoms with E-state index in [2.05, 4.69) is 37.2 Å². The molecule has 10 atom stereocenters. The number of aromatic hydroxyl groups is 1. The Kier molecular flexibility index (Phi) is 25.4. The van der Waals surface area contributed by atoms with Gasteiger partial charge in [0.05, 0.1) is 19.1 Å². The number of aliphatic carboxylic acids is 1. The molecule has 1 heterocycles. The molecule has 0 bridgehead atoms. The lowest BCUT2D eigenvalue weighted by Crippen LogP contribution is -2.61. The van der Waals surface area contributed by atoms with Crippen LogP contribution in [-0.4, -0.2) is 159 Å². The highest BCUT2D eigenvalue weighted by atomic mass is 16.4. The normalized spacial score (nSPS) is 16.9. The summed E-state index contributed by atoms with van der Waals surface area (Å²) in [6.07, 6.45) is -2.02. The lowest BCUT2D eigenvalue weighted by molar-refractivity contribution is -0.143. The monoisotopic (exact) mass is 1050 g/mol. The molecule has 412 valence electrons. The second-order valence-electron chi connectivity index (χ2n) is 18.9. The smallest absolute Gasteiger partial charge is 0.326 e. The van der Waals surface area contributed by atoms with Gasteiger partial charge in [-0.05, 0) is 61.1 Å². The molecule has 74 heavy (non-hydrogen) atoms. The van der Waals surface area contributed by atoms with E-state index in [4.69, 9.17) is 22.9 Å². The van der Waals surface area contributed by atoms with Gasteiger partial charge < -0.3 is 80.4 Å². The number of carboxylic acids is 1. The summed E-state index contributed by atoms with van der Waals surface area (Å²) in [6, 6.07) is -7.53. The van der Waals surface area contributed by atoms with E-state index in [-0.39, 0.29) is 50.3 Å². The first-order valence-corrected chi connectivity index (χ1v) is 24.3. The summed E-state index contributed by atoms with van der Waals surface area (Å²) in [5.41, 5.74) is 22.2. The van der Waals surface area contributed by atoms with E-state index in [1.54, 1.807) is 41.5 Å². The number of nitrogens with two attached hydrogens (primary N) is 4. The van der Waals surface area contributed by atoms with E-state index < -0.39 is 163 Å². The van der Waals surface area contributed by atoms with Crippen LogP contribution in [0.4, 0.5) is 0 Å². The Morgan fingerprint density at radius 2 is 1.12 bits per heavy atom. The average molecular weight is 1050 g/mol. The van der Waals surface area contributed by atoms with Crippen molar-refractivity contribution in [1.29, 1.82) is 0 Å². The SMILES string of the molecule is CC[C@H](C)[C@H](NC(=O)[C@@H]1CCCN1C(=O)[C@H](Cc1ccc(O)cc1)NC(=O)[C@H](CC(N)=O)NC(=O)[C@H](CCC(N)=O)NC(=O)[C@H](CO)NC(=O)[C@@H](N)C(C)C)C(=O)N[C@H](C(=O)N[C@@H](CCC(N)=O)C(=O)O)C(C)C. The standard InChI is InChI=1S/C47H74N12O15/c1-7-24(6)38(45(71)57-37(23(4)5)44(70)53-28(47(73)74)15-17-34(49)63)58-42(68)32-9-8-18-59(32)46(72)30(19-25-10-12-26(61)13-11-25)55-40(66)29(20-35(50)64)54-39(65)27(14-16-33(48)62)52-41(67)31(21-60)56-43(69)36(51)22(2)3/h10-13,22-24,27-32,36-38,60-61H,7-9,14-21,51H2,1-6H3,(H2,48,62)(H2,49,63)(H2,50,64)(H,52,67)(H,53,70)(H,54,65)(H,55,66)(H,56,69)(H,57,71)(H,58,68)(H,73,74)/t24-,27-,28-,29-,30-,31-,32-,36-,37-,38-/m0/s1. The van der Waals surface area contributed by atoms with E-state index in [9.17, 15) is 72.9 Å². The van der Waals surface area contributed by atoms with Gasteiger partial charge in [-0.1, -0.05) is 60.1 Å². The number of carbonyl (C=O) groups excluding carboxylic acids is 11. The lowest BCUT2D eigenvalue weighted by atomic mass is 9.95. The summed E-state index contributed by atoms with van der Waals surface area (Å²) in [5, 5.41) is 46.5. The van der Waals surface area contributed by atoms with Crippen LogP contribution < -0.4 is 60.2 Å². The molecule has 0 radical (unpaired) electrons. The fraction of sp³-hybridized carbons (Fsp3) is 0.617. The summed E-state index contributed by atoms with van der Waals surface area (Å²) < 4.78 is 0. The molecule has 2 rings (SSSR count). The molecule has 1 aliphatic heterocycles. The molecule has 0 saturated carbocycles. The number of hydrogen-bond donors (Lipinski definition) is 14.